The summed E-state index contributed by atoms with van der Waals surface area (Å²) < 4.78 is 12.5. The molecule has 4 rings (SSSR count). The van der Waals surface area contributed by atoms with Gasteiger partial charge in [-0.15, -0.1) is 0 Å². The Morgan fingerprint density at radius 3 is 2.65 bits per heavy atom. The van der Waals surface area contributed by atoms with Gasteiger partial charge in [0.1, 0.15) is 11.5 Å². The lowest BCUT2D eigenvalue weighted by molar-refractivity contribution is 0.0340. The topological polar surface area (TPSA) is 84.2 Å². The van der Waals surface area contributed by atoms with Gasteiger partial charge in [0.05, 0.1) is 36.4 Å². The summed E-state index contributed by atoms with van der Waals surface area (Å²) >= 11 is 5.74. The molecule has 0 bridgehead atoms. The summed E-state index contributed by atoms with van der Waals surface area (Å²) in [5, 5.41) is 21.4. The lowest BCUT2D eigenvalue weighted by atomic mass is 10.00. The highest BCUT2D eigenvalue weighted by Gasteiger charge is 2.28. The van der Waals surface area contributed by atoms with Gasteiger partial charge < -0.3 is 24.3 Å². The average Bonchev–Trinajstić information content (AvgIpc) is 3.08. The van der Waals surface area contributed by atoms with Crippen molar-refractivity contribution in [3.63, 3.8) is 0 Å². The zero-order valence-corrected chi connectivity index (χ0v) is 18.2. The van der Waals surface area contributed by atoms with Gasteiger partial charge in [0.15, 0.2) is 0 Å². The van der Waals surface area contributed by atoms with E-state index in [1.807, 2.05) is 18.2 Å². The van der Waals surface area contributed by atoms with Gasteiger partial charge in [-0.2, -0.15) is 0 Å². The molecule has 7 nitrogen and oxygen atoms in total. The van der Waals surface area contributed by atoms with Crippen molar-refractivity contribution in [3.8, 4) is 11.5 Å². The SMILES string of the molecule is COc1cccc(C(=S)c2c(C(=O)O)c3c(CN4CCOCC4)c(O)ccc3n2C)c1. The van der Waals surface area contributed by atoms with Crippen LogP contribution >= 0.6 is 12.2 Å². The Bertz CT molecular complexity index is 1160. The van der Waals surface area contributed by atoms with Gasteiger partial charge in [0.25, 0.3) is 0 Å². The molecule has 0 radical (unpaired) electrons. The van der Waals surface area contributed by atoms with Crippen molar-refractivity contribution in [1.29, 1.82) is 0 Å². The maximum Gasteiger partial charge on any atom is 0.338 e. The van der Waals surface area contributed by atoms with Crippen molar-refractivity contribution in [3.05, 3.63) is 58.8 Å². The fourth-order valence-corrected chi connectivity index (χ4v) is 4.47. The predicted molar refractivity (Wildman–Crippen MR) is 121 cm³/mol. The maximum atomic E-state index is 12.5. The van der Waals surface area contributed by atoms with Gasteiger partial charge in [0.2, 0.25) is 0 Å². The third-order valence-electron chi connectivity index (χ3n) is 5.70. The molecular formula is C23H24N2O5S. The highest BCUT2D eigenvalue weighted by Crippen LogP contribution is 2.36. The number of benzene rings is 2. The number of nitrogens with zero attached hydrogens (tertiary/aromatic N) is 2. The molecule has 0 atom stereocenters. The van der Waals surface area contributed by atoms with Gasteiger partial charge in [-0.05, 0) is 29.8 Å². The molecule has 162 valence electrons. The first-order valence-electron chi connectivity index (χ1n) is 9.97. The monoisotopic (exact) mass is 440 g/mol. The highest BCUT2D eigenvalue weighted by molar-refractivity contribution is 7.81. The molecule has 2 heterocycles. The summed E-state index contributed by atoms with van der Waals surface area (Å²) in [7, 11) is 3.37. The second kappa shape index (κ2) is 8.66. The maximum absolute atomic E-state index is 12.5. The van der Waals surface area contributed by atoms with E-state index in [1.54, 1.807) is 36.9 Å². The number of phenols is 1. The number of thiocarbonyl (C=S) groups is 1. The molecule has 0 spiro atoms. The number of hydrogen-bond acceptors (Lipinski definition) is 6. The van der Waals surface area contributed by atoms with Gasteiger partial charge in [0, 0.05) is 43.1 Å². The van der Waals surface area contributed by atoms with Crippen LogP contribution in [0.3, 0.4) is 0 Å². The first-order chi connectivity index (χ1) is 14.9. The van der Waals surface area contributed by atoms with E-state index in [2.05, 4.69) is 4.90 Å². The van der Waals surface area contributed by atoms with E-state index < -0.39 is 5.97 Å². The van der Waals surface area contributed by atoms with E-state index in [9.17, 15) is 15.0 Å². The summed E-state index contributed by atoms with van der Waals surface area (Å²) in [5.41, 5.74) is 2.52. The lowest BCUT2D eigenvalue weighted by Gasteiger charge is -2.27. The van der Waals surface area contributed by atoms with Gasteiger partial charge in [-0.25, -0.2) is 4.79 Å². The standard InChI is InChI=1S/C23H24N2O5S/c1-24-17-6-7-18(26)16(13-25-8-10-30-11-9-25)19(17)20(23(27)28)21(24)22(31)14-4-3-5-15(12-14)29-2/h3-7,12,26H,8-11,13H2,1-2H3,(H,27,28). The first kappa shape index (κ1) is 21.3. The van der Waals surface area contributed by atoms with Crippen molar-refractivity contribution in [2.24, 2.45) is 7.05 Å². The van der Waals surface area contributed by atoms with Crippen LogP contribution in [-0.4, -0.2) is 63.9 Å². The van der Waals surface area contributed by atoms with Crippen molar-refractivity contribution in [2.45, 2.75) is 6.54 Å². The number of ether oxygens (including phenoxy) is 2. The Labute approximate surface area is 185 Å². The van der Waals surface area contributed by atoms with E-state index in [0.717, 1.165) is 13.1 Å². The molecule has 1 saturated heterocycles. The zero-order valence-electron chi connectivity index (χ0n) is 17.4. The number of carboxylic acids is 1. The largest absolute Gasteiger partial charge is 0.508 e. The molecule has 0 aliphatic carbocycles. The number of morpholine rings is 1. The predicted octanol–water partition coefficient (Wildman–Crippen LogP) is 3.19. The number of methoxy groups -OCH3 is 1. The number of carbonyl (C=O) groups is 1. The minimum atomic E-state index is -1.08. The first-order valence-corrected chi connectivity index (χ1v) is 10.4. The van der Waals surface area contributed by atoms with E-state index in [4.69, 9.17) is 21.7 Å². The van der Waals surface area contributed by atoms with Crippen LogP contribution in [0.1, 0.15) is 27.2 Å². The van der Waals surface area contributed by atoms with E-state index >= 15 is 0 Å². The molecule has 3 aromatic rings. The van der Waals surface area contributed by atoms with E-state index in [-0.39, 0.29) is 11.3 Å². The number of aryl methyl sites for hydroxylation is 1. The third kappa shape index (κ3) is 3.89. The molecule has 31 heavy (non-hydrogen) atoms. The quantitative estimate of drug-likeness (QED) is 0.450. The number of aromatic nitrogens is 1. The fourth-order valence-electron chi connectivity index (χ4n) is 4.11. The number of fused-ring (bicyclic) bond motifs is 1. The summed E-state index contributed by atoms with van der Waals surface area (Å²) in [6.07, 6.45) is 0. The van der Waals surface area contributed by atoms with Crippen molar-refractivity contribution >= 4 is 34.0 Å². The van der Waals surface area contributed by atoms with Crippen LogP contribution in [-0.2, 0) is 18.3 Å². The zero-order chi connectivity index (χ0) is 22.1. The number of carboxylic acid groups (broad SMARTS) is 1. The Balaban J connectivity index is 1.91. The highest BCUT2D eigenvalue weighted by atomic mass is 32.1. The van der Waals surface area contributed by atoms with Crippen LogP contribution in [0.2, 0.25) is 0 Å². The second-order valence-electron chi connectivity index (χ2n) is 7.49. The normalized spacial score (nSPS) is 14.6. The molecular weight excluding hydrogens is 416 g/mol. The molecule has 1 aliphatic heterocycles. The average molecular weight is 441 g/mol. The third-order valence-corrected chi connectivity index (χ3v) is 6.13. The summed E-state index contributed by atoms with van der Waals surface area (Å²) in [4.78, 5) is 15.0. The molecule has 0 amide bonds. The molecule has 0 saturated carbocycles. The van der Waals surface area contributed by atoms with Crippen molar-refractivity contribution < 1.29 is 24.5 Å². The Morgan fingerprint density at radius 1 is 1.23 bits per heavy atom. The van der Waals surface area contributed by atoms with Crippen molar-refractivity contribution in [2.75, 3.05) is 33.4 Å². The Morgan fingerprint density at radius 2 is 1.97 bits per heavy atom. The van der Waals surface area contributed by atoms with Crippen LogP contribution in [0, 0.1) is 0 Å². The van der Waals surface area contributed by atoms with Gasteiger partial charge >= 0.3 is 5.97 Å². The molecule has 1 aromatic heterocycles. The number of phenolic OH excluding ortho intramolecular Hbond substituents is 1. The molecule has 1 aliphatic rings. The van der Waals surface area contributed by atoms with Crippen LogP contribution in [0.5, 0.6) is 11.5 Å². The van der Waals surface area contributed by atoms with E-state index in [0.29, 0.717) is 58.1 Å². The second-order valence-corrected chi connectivity index (χ2v) is 7.90. The molecule has 2 N–H and O–H groups in total. The molecule has 2 aromatic carbocycles. The van der Waals surface area contributed by atoms with Crippen LogP contribution in [0.15, 0.2) is 36.4 Å². The Hall–Kier alpha value is -2.94. The van der Waals surface area contributed by atoms with Crippen LogP contribution < -0.4 is 4.74 Å². The van der Waals surface area contributed by atoms with Crippen LogP contribution in [0.25, 0.3) is 10.9 Å². The number of hydrogen-bond donors (Lipinski definition) is 2. The summed E-state index contributed by atoms with van der Waals surface area (Å²) in [6.45, 7) is 3.10. The summed E-state index contributed by atoms with van der Waals surface area (Å²) in [5.74, 6) is -0.369. The smallest absolute Gasteiger partial charge is 0.338 e. The number of rotatable bonds is 6. The number of aromatic carboxylic acids is 1. The number of aromatic hydroxyl groups is 1. The minimum absolute atomic E-state index is 0.0749. The van der Waals surface area contributed by atoms with Gasteiger partial charge in [-0.1, -0.05) is 24.4 Å². The Kier molecular flexibility index (Phi) is 5.95. The fraction of sp³-hybridized carbons (Fsp3) is 0.304. The lowest BCUT2D eigenvalue weighted by Crippen LogP contribution is -2.35. The van der Waals surface area contributed by atoms with Crippen molar-refractivity contribution in [1.82, 2.24) is 9.47 Å². The van der Waals surface area contributed by atoms with Gasteiger partial charge in [-0.3, -0.25) is 4.90 Å². The minimum Gasteiger partial charge on any atom is -0.508 e. The van der Waals surface area contributed by atoms with E-state index in [1.165, 1.54) is 0 Å². The summed E-state index contributed by atoms with van der Waals surface area (Å²) in [6, 6.07) is 10.6. The molecule has 0 unspecified atom stereocenters. The van der Waals surface area contributed by atoms with Crippen LogP contribution in [0.4, 0.5) is 0 Å². The molecule has 8 heteroatoms. The molecule has 1 fully saturated rings.